The lowest BCUT2D eigenvalue weighted by Gasteiger charge is -2.08. The predicted molar refractivity (Wildman–Crippen MR) is 188 cm³/mol. The molecule has 0 saturated heterocycles. The van der Waals surface area contributed by atoms with Gasteiger partial charge in [0.25, 0.3) is 17.7 Å². The Balaban J connectivity index is 0.980. The Labute approximate surface area is 298 Å². The first-order valence-electron chi connectivity index (χ1n) is 15.6. The van der Waals surface area contributed by atoms with Gasteiger partial charge in [0, 0.05) is 29.8 Å². The number of methoxy groups -OCH3 is 1. The van der Waals surface area contributed by atoms with Crippen LogP contribution in [0.1, 0.15) is 41.6 Å². The van der Waals surface area contributed by atoms with Gasteiger partial charge in [0.15, 0.2) is 11.6 Å². The number of ether oxygens (including phenoxy) is 1. The minimum absolute atomic E-state index is 0.0381. The number of nitrogens with zero attached hydrogens (tertiary/aromatic N) is 8. The van der Waals surface area contributed by atoms with Gasteiger partial charge in [-0.2, -0.15) is 0 Å². The Hall–Kier alpha value is -8.02. The molecule has 6 aromatic heterocycles. The average Bonchev–Trinajstić information content (AvgIpc) is 3.88. The normalized spacial score (nSPS) is 10.7. The topological polar surface area (TPSA) is 248 Å². The van der Waals surface area contributed by atoms with Crippen LogP contribution in [0, 0.1) is 0 Å². The van der Waals surface area contributed by atoms with Gasteiger partial charge in [-0.25, -0.2) is 14.8 Å². The molecule has 0 aliphatic heterocycles. The van der Waals surface area contributed by atoms with E-state index in [0.717, 1.165) is 0 Å². The average molecular weight is 708 g/mol. The molecule has 0 spiro atoms. The lowest BCUT2D eigenvalue weighted by molar-refractivity contribution is 0.0600. The number of H-pyrrole nitrogens is 2. The number of anilines is 3. The Morgan fingerprint density at radius 3 is 1.91 bits per heavy atom. The van der Waals surface area contributed by atoms with E-state index in [4.69, 9.17) is 0 Å². The van der Waals surface area contributed by atoms with Gasteiger partial charge in [-0.05, 0) is 66.7 Å². The highest BCUT2D eigenvalue weighted by atomic mass is 16.5. The summed E-state index contributed by atoms with van der Waals surface area (Å²) in [5.74, 6) is -1.25. The molecule has 0 atom stereocenters. The minimum atomic E-state index is -0.629. The molecule has 0 fully saturated rings. The molecule has 260 valence electrons. The fourth-order valence-corrected chi connectivity index (χ4v) is 4.84. The van der Waals surface area contributed by atoms with Crippen LogP contribution in [-0.4, -0.2) is 81.1 Å². The molecule has 7 aromatic rings. The van der Waals surface area contributed by atoms with Crippen LogP contribution in [0.3, 0.4) is 0 Å². The van der Waals surface area contributed by atoms with Crippen molar-refractivity contribution in [1.29, 1.82) is 0 Å². The van der Waals surface area contributed by atoms with Gasteiger partial charge in [-0.3, -0.25) is 35.0 Å². The fourth-order valence-electron chi connectivity index (χ4n) is 4.84. The second-order valence-electron chi connectivity index (χ2n) is 11.0. The number of amides is 3. The highest BCUT2D eigenvalue weighted by molar-refractivity contribution is 6.06. The number of hydrogen-bond donors (Lipinski definition) is 5. The molecule has 3 amide bonds. The molecular weight excluding hydrogens is 682 g/mol. The Kier molecular flexibility index (Phi) is 9.38. The summed E-state index contributed by atoms with van der Waals surface area (Å²) < 4.78 is 4.67. The Morgan fingerprint density at radius 1 is 0.585 bits per heavy atom. The van der Waals surface area contributed by atoms with Gasteiger partial charge in [0.2, 0.25) is 11.9 Å². The van der Waals surface area contributed by atoms with E-state index in [1.165, 1.54) is 25.6 Å². The van der Waals surface area contributed by atoms with E-state index in [1.54, 1.807) is 79.0 Å². The van der Waals surface area contributed by atoms with E-state index in [0.29, 0.717) is 39.9 Å². The molecule has 18 heteroatoms. The number of benzene rings is 1. The van der Waals surface area contributed by atoms with Crippen molar-refractivity contribution in [1.82, 2.24) is 50.3 Å². The van der Waals surface area contributed by atoms with Gasteiger partial charge in [0.1, 0.15) is 17.1 Å². The van der Waals surface area contributed by atoms with E-state index >= 15 is 0 Å². The summed E-state index contributed by atoms with van der Waals surface area (Å²) in [6.45, 7) is 0. The molecule has 0 saturated carbocycles. The summed E-state index contributed by atoms with van der Waals surface area (Å²) in [4.78, 5) is 73.5. The number of hydrogen-bond acceptors (Lipinski definition) is 13. The summed E-state index contributed by atoms with van der Waals surface area (Å²) in [6.07, 6.45) is 4.21. The van der Waals surface area contributed by atoms with Crippen molar-refractivity contribution in [3.63, 3.8) is 0 Å². The molecule has 0 aliphatic carbocycles. The smallest absolute Gasteiger partial charge is 0.339 e. The standard InChI is InChI=1S/C35H25N13O5/c1-53-33(52)21-16-20(17-36-18-21)31(50)44-35-42-29(46-48-35)26-9-4-7-23(39-26)24-8-5-10-27(40-24)32(51)38-22-13-11-19(12-14-22)30(49)43-34-41-28(45-47-34)25-6-2-3-15-37-25/h2-18H,1H3,(H,38,51)(H2,41,43,45,47,49)(H2,42,44,46,48,50). The van der Waals surface area contributed by atoms with Gasteiger partial charge in [0.05, 0.1) is 29.6 Å². The number of esters is 1. The first-order chi connectivity index (χ1) is 25.8. The molecule has 0 unspecified atom stereocenters. The maximum absolute atomic E-state index is 13.1. The Morgan fingerprint density at radius 2 is 1.21 bits per heavy atom. The molecule has 6 heterocycles. The number of pyridine rings is 4. The van der Waals surface area contributed by atoms with Crippen molar-refractivity contribution in [2.75, 3.05) is 23.1 Å². The number of nitrogens with one attached hydrogen (secondary N) is 5. The number of carbonyl (C=O) groups is 4. The third kappa shape index (κ3) is 7.75. The molecule has 0 bridgehead atoms. The second-order valence-corrected chi connectivity index (χ2v) is 11.0. The van der Waals surface area contributed by atoms with E-state index in [1.807, 2.05) is 6.07 Å². The summed E-state index contributed by atoms with van der Waals surface area (Å²) in [6, 6.07) is 23.1. The molecule has 0 radical (unpaired) electrons. The van der Waals surface area contributed by atoms with E-state index in [9.17, 15) is 19.2 Å². The van der Waals surface area contributed by atoms with Crippen LogP contribution < -0.4 is 16.0 Å². The van der Waals surface area contributed by atoms with Gasteiger partial charge >= 0.3 is 5.97 Å². The third-order valence-corrected chi connectivity index (χ3v) is 7.41. The molecule has 5 N–H and O–H groups in total. The molecule has 53 heavy (non-hydrogen) atoms. The van der Waals surface area contributed by atoms with Crippen molar-refractivity contribution >= 4 is 41.3 Å². The van der Waals surface area contributed by atoms with Crippen molar-refractivity contribution in [2.45, 2.75) is 0 Å². The largest absolute Gasteiger partial charge is 0.465 e. The van der Waals surface area contributed by atoms with Crippen molar-refractivity contribution in [2.24, 2.45) is 0 Å². The van der Waals surface area contributed by atoms with Gasteiger partial charge in [-0.15, -0.1) is 20.4 Å². The van der Waals surface area contributed by atoms with E-state index < -0.39 is 23.7 Å². The quantitative estimate of drug-likeness (QED) is 0.126. The molecule has 1 aromatic carbocycles. The first-order valence-corrected chi connectivity index (χ1v) is 15.6. The zero-order valence-electron chi connectivity index (χ0n) is 27.4. The van der Waals surface area contributed by atoms with Crippen molar-refractivity contribution in [3.8, 4) is 34.4 Å². The van der Waals surface area contributed by atoms with Crippen molar-refractivity contribution < 1.29 is 23.9 Å². The second kappa shape index (κ2) is 14.8. The lowest BCUT2D eigenvalue weighted by atomic mass is 10.2. The maximum Gasteiger partial charge on any atom is 0.339 e. The SMILES string of the molecule is COC(=O)c1cncc(C(=O)Nc2nnc(-c3cccc(-c4cccc(C(=O)Nc5ccc(C(=O)Nc6nnc(-c7ccccn7)[nH]6)cc5)n4)n3)[nH]2)c1. The maximum atomic E-state index is 13.1. The summed E-state index contributed by atoms with van der Waals surface area (Å²) in [7, 11) is 1.23. The molecular formula is C35H25N13O5. The molecule has 0 aliphatic rings. The summed E-state index contributed by atoms with van der Waals surface area (Å²) >= 11 is 0. The summed E-state index contributed by atoms with van der Waals surface area (Å²) in [5, 5.41) is 24.0. The highest BCUT2D eigenvalue weighted by Crippen LogP contribution is 2.21. The van der Waals surface area contributed by atoms with Crippen LogP contribution in [0.2, 0.25) is 0 Å². The monoisotopic (exact) mass is 707 g/mol. The Bertz CT molecular complexity index is 2460. The first kappa shape index (κ1) is 33.5. The van der Waals surface area contributed by atoms with Crippen LogP contribution >= 0.6 is 0 Å². The number of carbonyl (C=O) groups excluding carboxylic acids is 4. The van der Waals surface area contributed by atoms with E-state index in [2.05, 4.69) is 71.0 Å². The summed E-state index contributed by atoms with van der Waals surface area (Å²) in [5.41, 5.74) is 2.95. The minimum Gasteiger partial charge on any atom is -0.465 e. The third-order valence-electron chi connectivity index (χ3n) is 7.41. The lowest BCUT2D eigenvalue weighted by Crippen LogP contribution is -2.15. The highest BCUT2D eigenvalue weighted by Gasteiger charge is 2.17. The van der Waals surface area contributed by atoms with Crippen LogP contribution in [0.4, 0.5) is 17.6 Å². The number of aromatic amines is 2. The zero-order chi connectivity index (χ0) is 36.7. The molecule has 18 nitrogen and oxygen atoms in total. The van der Waals surface area contributed by atoms with Crippen molar-refractivity contribution in [3.05, 3.63) is 126 Å². The number of rotatable bonds is 10. The van der Waals surface area contributed by atoms with Gasteiger partial charge < -0.3 is 20.0 Å². The van der Waals surface area contributed by atoms with Crippen LogP contribution in [0.15, 0.2) is 104 Å². The predicted octanol–water partition coefficient (Wildman–Crippen LogP) is 4.05. The molecule has 7 rings (SSSR count). The fraction of sp³-hybridized carbons (Fsp3) is 0.0286. The van der Waals surface area contributed by atoms with Crippen LogP contribution in [0.5, 0.6) is 0 Å². The van der Waals surface area contributed by atoms with Gasteiger partial charge in [-0.1, -0.05) is 18.2 Å². The zero-order valence-corrected chi connectivity index (χ0v) is 27.4. The van der Waals surface area contributed by atoms with Crippen LogP contribution in [-0.2, 0) is 4.74 Å². The number of aromatic nitrogens is 10. The van der Waals surface area contributed by atoms with E-state index in [-0.39, 0.29) is 34.5 Å². The van der Waals surface area contributed by atoms with Crippen LogP contribution in [0.25, 0.3) is 34.4 Å².